The van der Waals surface area contributed by atoms with Gasteiger partial charge in [-0.3, -0.25) is 14.4 Å². The van der Waals surface area contributed by atoms with Gasteiger partial charge in [0.1, 0.15) is 6.54 Å². The van der Waals surface area contributed by atoms with Gasteiger partial charge in [-0.2, -0.15) is 5.10 Å². The molecule has 4 rings (SSSR count). The Labute approximate surface area is 157 Å². The number of nitrogens with zero attached hydrogens (tertiary/aromatic N) is 5. The summed E-state index contributed by atoms with van der Waals surface area (Å²) in [5.41, 5.74) is 1.04. The van der Waals surface area contributed by atoms with Crippen LogP contribution in [-0.4, -0.2) is 56.9 Å². The van der Waals surface area contributed by atoms with Gasteiger partial charge in [0.05, 0.1) is 0 Å². The highest BCUT2D eigenvalue weighted by Crippen LogP contribution is 2.30. The molecule has 2 aliphatic heterocycles. The maximum atomic E-state index is 11.0. The van der Waals surface area contributed by atoms with Crippen molar-refractivity contribution in [1.29, 1.82) is 0 Å². The second-order valence-electron chi connectivity index (χ2n) is 7.19. The Kier molecular flexibility index (Phi) is 5.21. The topological polar surface area (TPSA) is 74.5 Å². The fraction of sp³-hybridized carbons (Fsp3) is 0.611. The molecule has 0 aliphatic carbocycles. The lowest BCUT2D eigenvalue weighted by Gasteiger charge is -2.32. The van der Waals surface area contributed by atoms with E-state index in [-0.39, 0.29) is 6.54 Å². The third-order valence-corrected chi connectivity index (χ3v) is 6.30. The third kappa shape index (κ3) is 3.91. The summed E-state index contributed by atoms with van der Waals surface area (Å²) in [7, 11) is 0. The van der Waals surface area contributed by atoms with Crippen molar-refractivity contribution in [3.8, 4) is 0 Å². The Hall–Kier alpha value is -1.93. The number of carboxylic acids is 1. The summed E-state index contributed by atoms with van der Waals surface area (Å²) in [5, 5.41) is 14.4. The highest BCUT2D eigenvalue weighted by atomic mass is 32.1. The molecule has 26 heavy (non-hydrogen) atoms. The molecular formula is C18H25N5O2S. The number of hydrogen-bond acceptors (Lipinski definition) is 6. The zero-order valence-electron chi connectivity index (χ0n) is 14.9. The van der Waals surface area contributed by atoms with Gasteiger partial charge in [-0.1, -0.05) is 0 Å². The molecule has 2 aromatic heterocycles. The molecule has 140 valence electrons. The lowest BCUT2D eigenvalue weighted by atomic mass is 9.94. The summed E-state index contributed by atoms with van der Waals surface area (Å²) in [6.07, 6.45) is 8.49. The summed E-state index contributed by atoms with van der Waals surface area (Å²) in [6.45, 7) is 5.16. The first-order chi connectivity index (χ1) is 12.7. The molecule has 0 amide bonds. The normalized spacial score (nSPS) is 21.4. The Balaban J connectivity index is 1.39. The first-order valence-electron chi connectivity index (χ1n) is 9.34. The Morgan fingerprint density at radius 2 is 2.12 bits per heavy atom. The van der Waals surface area contributed by atoms with Crippen LogP contribution >= 0.6 is 11.3 Å². The molecule has 4 heterocycles. The van der Waals surface area contributed by atoms with E-state index in [1.165, 1.54) is 17.7 Å². The molecule has 7 nitrogen and oxygen atoms in total. The molecule has 0 spiro atoms. The lowest BCUT2D eigenvalue weighted by Crippen LogP contribution is -2.34. The molecule has 2 aromatic rings. The number of aromatic nitrogens is 3. The quantitative estimate of drug-likeness (QED) is 0.836. The molecule has 1 N–H and O–H groups in total. The van der Waals surface area contributed by atoms with Crippen LogP contribution in [0.2, 0.25) is 0 Å². The summed E-state index contributed by atoms with van der Waals surface area (Å²) in [6, 6.07) is 1.97. The molecule has 2 fully saturated rings. The van der Waals surface area contributed by atoms with Crippen LogP contribution in [0.15, 0.2) is 18.5 Å². The number of piperidine rings is 1. The molecule has 0 bridgehead atoms. The van der Waals surface area contributed by atoms with E-state index in [0.717, 1.165) is 56.4 Å². The number of likely N-dealkylation sites (tertiary alicyclic amines) is 1. The number of hydrogen-bond donors (Lipinski definition) is 1. The minimum Gasteiger partial charge on any atom is -0.480 e. The SMILES string of the molecule is O=C(O)Cn1nccc1[C@H]1CCCN(Cc2cnc(N3CCCC3)s2)C1. The summed E-state index contributed by atoms with van der Waals surface area (Å²) in [5.74, 6) is -0.502. The van der Waals surface area contributed by atoms with Gasteiger partial charge >= 0.3 is 5.97 Å². The molecule has 0 aromatic carbocycles. The molecule has 0 unspecified atom stereocenters. The Morgan fingerprint density at radius 1 is 1.27 bits per heavy atom. The fourth-order valence-electron chi connectivity index (χ4n) is 4.04. The number of rotatable bonds is 6. The fourth-order valence-corrected chi connectivity index (χ4v) is 5.04. The molecule has 8 heteroatoms. The van der Waals surface area contributed by atoms with Gasteiger partial charge in [0.25, 0.3) is 0 Å². The van der Waals surface area contributed by atoms with E-state index in [4.69, 9.17) is 5.11 Å². The molecule has 0 radical (unpaired) electrons. The van der Waals surface area contributed by atoms with Crippen molar-refractivity contribution in [2.24, 2.45) is 0 Å². The van der Waals surface area contributed by atoms with Gasteiger partial charge in [0.2, 0.25) is 0 Å². The zero-order valence-corrected chi connectivity index (χ0v) is 15.7. The van der Waals surface area contributed by atoms with Crippen LogP contribution in [0.3, 0.4) is 0 Å². The van der Waals surface area contributed by atoms with E-state index in [9.17, 15) is 4.79 Å². The summed E-state index contributed by atoms with van der Waals surface area (Å²) in [4.78, 5) is 21.8. The maximum absolute atomic E-state index is 11.0. The van der Waals surface area contributed by atoms with E-state index in [0.29, 0.717) is 5.92 Å². The van der Waals surface area contributed by atoms with Gasteiger partial charge in [-0.05, 0) is 38.3 Å². The third-order valence-electron chi connectivity index (χ3n) is 5.26. The van der Waals surface area contributed by atoms with E-state index < -0.39 is 5.97 Å². The van der Waals surface area contributed by atoms with E-state index in [2.05, 4.69) is 19.9 Å². The number of aliphatic carboxylic acids is 1. The number of thiazole rings is 1. The monoisotopic (exact) mass is 375 g/mol. The second-order valence-corrected chi connectivity index (χ2v) is 8.28. The average molecular weight is 375 g/mol. The number of carbonyl (C=O) groups is 1. The lowest BCUT2D eigenvalue weighted by molar-refractivity contribution is -0.137. The van der Waals surface area contributed by atoms with Crippen LogP contribution in [-0.2, 0) is 17.9 Å². The average Bonchev–Trinajstić information content (AvgIpc) is 3.36. The van der Waals surface area contributed by atoms with Crippen LogP contribution in [0.25, 0.3) is 0 Å². The Morgan fingerprint density at radius 3 is 2.92 bits per heavy atom. The van der Waals surface area contributed by atoms with Crippen molar-refractivity contribution in [3.05, 3.63) is 29.0 Å². The van der Waals surface area contributed by atoms with Crippen molar-refractivity contribution < 1.29 is 9.90 Å². The van der Waals surface area contributed by atoms with Crippen molar-refractivity contribution in [3.63, 3.8) is 0 Å². The summed E-state index contributed by atoms with van der Waals surface area (Å²) < 4.78 is 1.63. The van der Waals surface area contributed by atoms with Crippen LogP contribution in [0.4, 0.5) is 5.13 Å². The van der Waals surface area contributed by atoms with Gasteiger partial charge < -0.3 is 10.0 Å². The highest BCUT2D eigenvalue weighted by molar-refractivity contribution is 7.15. The smallest absolute Gasteiger partial charge is 0.325 e. The van der Waals surface area contributed by atoms with Crippen molar-refractivity contribution >= 4 is 22.4 Å². The van der Waals surface area contributed by atoms with E-state index >= 15 is 0 Å². The van der Waals surface area contributed by atoms with Crippen molar-refractivity contribution in [2.75, 3.05) is 31.1 Å². The van der Waals surface area contributed by atoms with E-state index in [1.54, 1.807) is 10.9 Å². The largest absolute Gasteiger partial charge is 0.480 e. The van der Waals surface area contributed by atoms with Crippen molar-refractivity contribution in [1.82, 2.24) is 19.7 Å². The van der Waals surface area contributed by atoms with Gasteiger partial charge in [-0.25, -0.2) is 4.98 Å². The van der Waals surface area contributed by atoms with Crippen molar-refractivity contribution in [2.45, 2.75) is 44.7 Å². The number of carboxylic acid groups (broad SMARTS) is 1. The van der Waals surface area contributed by atoms with Crippen LogP contribution in [0.5, 0.6) is 0 Å². The predicted molar refractivity (Wildman–Crippen MR) is 101 cm³/mol. The van der Waals surface area contributed by atoms with Crippen LogP contribution < -0.4 is 4.90 Å². The molecule has 2 aliphatic rings. The molecule has 0 saturated carbocycles. The van der Waals surface area contributed by atoms with Crippen LogP contribution in [0, 0.1) is 0 Å². The standard InChI is InChI=1S/C18H25N5O2S/c24-17(25)13-23-16(5-6-20-23)14-4-3-7-21(11-14)12-15-10-19-18(26-15)22-8-1-2-9-22/h5-6,10,14H,1-4,7-9,11-13H2,(H,24,25)/t14-/m0/s1. The first kappa shape index (κ1) is 17.5. The minimum atomic E-state index is -0.846. The molecule has 1 atom stereocenters. The molecule has 2 saturated heterocycles. The van der Waals surface area contributed by atoms with Gasteiger partial charge in [-0.15, -0.1) is 11.3 Å². The van der Waals surface area contributed by atoms with E-state index in [1.807, 2.05) is 23.6 Å². The van der Waals surface area contributed by atoms with Gasteiger partial charge in [0.15, 0.2) is 5.13 Å². The summed E-state index contributed by atoms with van der Waals surface area (Å²) >= 11 is 1.81. The second kappa shape index (κ2) is 7.75. The Bertz CT molecular complexity index is 752. The predicted octanol–water partition coefficient (Wildman–Crippen LogP) is 2.40. The maximum Gasteiger partial charge on any atom is 0.325 e. The van der Waals surface area contributed by atoms with Gasteiger partial charge in [0, 0.05) is 55.1 Å². The minimum absolute atomic E-state index is 0.0626. The number of anilines is 1. The zero-order chi connectivity index (χ0) is 17.9. The first-order valence-corrected chi connectivity index (χ1v) is 10.2. The highest BCUT2D eigenvalue weighted by Gasteiger charge is 2.25. The van der Waals surface area contributed by atoms with Crippen LogP contribution in [0.1, 0.15) is 42.2 Å². The molecular weight excluding hydrogens is 350 g/mol.